The number of azide groups is 1. The number of aromatic amines is 1. The van der Waals surface area contributed by atoms with Gasteiger partial charge in [0.1, 0.15) is 6.10 Å². The molecule has 12 heteroatoms. The topological polar surface area (TPSA) is 171 Å². The Hall–Kier alpha value is -2.95. The molecular weight excluding hydrogens is 356 g/mol. The molecule has 0 spiro atoms. The lowest BCUT2D eigenvalue weighted by Crippen LogP contribution is -2.25. The largest absolute Gasteiger partial charge is 0.388 e. The van der Waals surface area contributed by atoms with Gasteiger partial charge in [-0.15, -0.1) is 0 Å². The average molecular weight is 376 g/mol. The first kappa shape index (κ1) is 18.8. The molecule has 4 unspecified atom stereocenters. The number of imidazole rings is 1. The summed E-state index contributed by atoms with van der Waals surface area (Å²) in [6.45, 7) is 5.27. The van der Waals surface area contributed by atoms with E-state index in [9.17, 15) is 14.7 Å². The zero-order chi connectivity index (χ0) is 19.7. The van der Waals surface area contributed by atoms with Gasteiger partial charge in [-0.1, -0.05) is 25.9 Å². The standard InChI is InChI=1S/C15H20N8O4/c1-6(2)12(25)20-15-19-11-9(13(26)21-15)17-5-23(11)14-10(24)7(3)8(27-14)4-18-22-16/h5-8,10,14,24H,4H2,1-3H3,(H2,19,20,21,25,26). The Morgan fingerprint density at radius 1 is 1.59 bits per heavy atom. The van der Waals surface area contributed by atoms with Crippen LogP contribution in [0.25, 0.3) is 21.6 Å². The van der Waals surface area contributed by atoms with E-state index in [1.165, 1.54) is 10.9 Å². The number of nitrogens with one attached hydrogen (secondary N) is 2. The van der Waals surface area contributed by atoms with Crippen molar-refractivity contribution in [3.63, 3.8) is 0 Å². The van der Waals surface area contributed by atoms with E-state index in [4.69, 9.17) is 10.3 Å². The van der Waals surface area contributed by atoms with Crippen molar-refractivity contribution in [3.8, 4) is 0 Å². The first-order valence-corrected chi connectivity index (χ1v) is 8.45. The molecule has 144 valence electrons. The fraction of sp³-hybridized carbons (Fsp3) is 0.600. The minimum Gasteiger partial charge on any atom is -0.388 e. The van der Waals surface area contributed by atoms with Gasteiger partial charge in [0.15, 0.2) is 17.4 Å². The summed E-state index contributed by atoms with van der Waals surface area (Å²) in [5.41, 5.74) is 8.18. The average Bonchev–Trinajstić information content (AvgIpc) is 3.16. The maximum Gasteiger partial charge on any atom is 0.280 e. The smallest absolute Gasteiger partial charge is 0.280 e. The molecule has 1 saturated heterocycles. The molecule has 27 heavy (non-hydrogen) atoms. The van der Waals surface area contributed by atoms with Crippen molar-refractivity contribution in [1.29, 1.82) is 0 Å². The third-order valence-electron chi connectivity index (χ3n) is 4.53. The van der Waals surface area contributed by atoms with Crippen molar-refractivity contribution in [2.24, 2.45) is 17.0 Å². The first-order valence-electron chi connectivity index (χ1n) is 8.45. The van der Waals surface area contributed by atoms with Gasteiger partial charge in [0.25, 0.3) is 5.56 Å². The summed E-state index contributed by atoms with van der Waals surface area (Å²) < 4.78 is 7.25. The Balaban J connectivity index is 1.97. The van der Waals surface area contributed by atoms with Crippen LogP contribution in [-0.4, -0.2) is 49.3 Å². The minimum atomic E-state index is -0.920. The Morgan fingerprint density at radius 2 is 2.33 bits per heavy atom. The van der Waals surface area contributed by atoms with Crippen LogP contribution in [0.4, 0.5) is 5.95 Å². The SMILES string of the molecule is CC(C)C(=O)Nc1nc2c(ncn2C2OC(CN=[N+]=[N-])C(C)C2O)c(=O)[nH]1. The predicted octanol–water partition coefficient (Wildman–Crippen LogP) is 0.919. The number of aromatic nitrogens is 4. The van der Waals surface area contributed by atoms with Crippen LogP contribution in [0.2, 0.25) is 0 Å². The number of nitrogens with zero attached hydrogens (tertiary/aromatic N) is 6. The number of rotatable bonds is 5. The number of hydrogen-bond donors (Lipinski definition) is 3. The first-order chi connectivity index (χ1) is 12.8. The lowest BCUT2D eigenvalue weighted by molar-refractivity contribution is -0.118. The second kappa shape index (κ2) is 7.35. The Labute approximate surface area is 153 Å². The highest BCUT2D eigenvalue weighted by Gasteiger charge is 2.42. The minimum absolute atomic E-state index is 0.0147. The third kappa shape index (κ3) is 3.50. The second-order valence-electron chi connectivity index (χ2n) is 6.71. The fourth-order valence-corrected chi connectivity index (χ4v) is 2.85. The molecule has 1 aliphatic rings. The van der Waals surface area contributed by atoms with Gasteiger partial charge >= 0.3 is 0 Å². The van der Waals surface area contributed by atoms with Crippen LogP contribution in [-0.2, 0) is 9.53 Å². The van der Waals surface area contributed by atoms with Crippen LogP contribution in [0, 0.1) is 11.8 Å². The summed E-state index contributed by atoms with van der Waals surface area (Å²) in [5, 5.41) is 16.6. The van der Waals surface area contributed by atoms with E-state index < -0.39 is 24.0 Å². The van der Waals surface area contributed by atoms with E-state index in [0.29, 0.717) is 0 Å². The molecule has 0 radical (unpaired) electrons. The monoisotopic (exact) mass is 376 g/mol. The van der Waals surface area contributed by atoms with Gasteiger partial charge in [-0.2, -0.15) is 4.98 Å². The van der Waals surface area contributed by atoms with Crippen molar-refractivity contribution in [2.75, 3.05) is 11.9 Å². The molecule has 12 nitrogen and oxygen atoms in total. The molecule has 1 fully saturated rings. The molecule has 3 N–H and O–H groups in total. The van der Waals surface area contributed by atoms with Crippen LogP contribution >= 0.6 is 0 Å². The summed E-state index contributed by atoms with van der Waals surface area (Å²) in [5.74, 6) is -0.916. The summed E-state index contributed by atoms with van der Waals surface area (Å²) in [6, 6.07) is 0. The van der Waals surface area contributed by atoms with E-state index in [-0.39, 0.29) is 41.4 Å². The van der Waals surface area contributed by atoms with E-state index in [1.807, 2.05) is 0 Å². The molecule has 0 bridgehead atoms. The Bertz CT molecular complexity index is 960. The van der Waals surface area contributed by atoms with Crippen LogP contribution in [0.5, 0.6) is 0 Å². The molecule has 3 rings (SSSR count). The number of hydrogen-bond acceptors (Lipinski definition) is 7. The van der Waals surface area contributed by atoms with Gasteiger partial charge in [0.2, 0.25) is 11.9 Å². The highest BCUT2D eigenvalue weighted by Crippen LogP contribution is 2.35. The molecule has 2 aromatic heterocycles. The molecule has 0 aliphatic carbocycles. The molecule has 2 aromatic rings. The van der Waals surface area contributed by atoms with Crippen molar-refractivity contribution in [2.45, 2.75) is 39.2 Å². The number of carbonyl (C=O) groups is 1. The number of H-pyrrole nitrogens is 1. The van der Waals surface area contributed by atoms with Crippen LogP contribution in [0.15, 0.2) is 16.2 Å². The number of carbonyl (C=O) groups excluding carboxylic acids is 1. The van der Waals surface area contributed by atoms with E-state index in [0.717, 1.165) is 0 Å². The van der Waals surface area contributed by atoms with E-state index >= 15 is 0 Å². The molecular formula is C15H20N8O4. The molecule has 0 saturated carbocycles. The van der Waals surface area contributed by atoms with Crippen LogP contribution in [0.3, 0.4) is 0 Å². The van der Waals surface area contributed by atoms with Gasteiger partial charge < -0.3 is 9.84 Å². The van der Waals surface area contributed by atoms with Crippen molar-refractivity contribution in [1.82, 2.24) is 19.5 Å². The molecule has 3 heterocycles. The summed E-state index contributed by atoms with van der Waals surface area (Å²) >= 11 is 0. The number of anilines is 1. The highest BCUT2D eigenvalue weighted by molar-refractivity contribution is 5.91. The zero-order valence-electron chi connectivity index (χ0n) is 15.0. The lowest BCUT2D eigenvalue weighted by Gasteiger charge is -2.17. The maximum absolute atomic E-state index is 12.2. The van der Waals surface area contributed by atoms with Gasteiger partial charge in [-0.05, 0) is 5.53 Å². The third-order valence-corrected chi connectivity index (χ3v) is 4.53. The van der Waals surface area contributed by atoms with Gasteiger partial charge in [-0.3, -0.25) is 24.5 Å². The summed E-state index contributed by atoms with van der Waals surface area (Å²) in [7, 11) is 0. The summed E-state index contributed by atoms with van der Waals surface area (Å²) in [6.07, 6.45) is -0.916. The quantitative estimate of drug-likeness (QED) is 0.398. The molecule has 0 aromatic carbocycles. The molecule has 1 amide bonds. The van der Waals surface area contributed by atoms with Crippen molar-refractivity contribution >= 4 is 23.0 Å². The van der Waals surface area contributed by atoms with Crippen LogP contribution < -0.4 is 10.9 Å². The number of ether oxygens (including phenoxy) is 1. The van der Waals surface area contributed by atoms with Gasteiger partial charge in [0, 0.05) is 16.7 Å². The van der Waals surface area contributed by atoms with Crippen molar-refractivity contribution < 1.29 is 14.6 Å². The van der Waals surface area contributed by atoms with Crippen LogP contribution in [0.1, 0.15) is 27.0 Å². The van der Waals surface area contributed by atoms with E-state index in [2.05, 4.69) is 30.3 Å². The maximum atomic E-state index is 12.2. The lowest BCUT2D eigenvalue weighted by atomic mass is 10.0. The van der Waals surface area contributed by atoms with Crippen molar-refractivity contribution in [3.05, 3.63) is 27.1 Å². The molecule has 1 aliphatic heterocycles. The Morgan fingerprint density at radius 3 is 3.00 bits per heavy atom. The Kier molecular flexibility index (Phi) is 5.13. The zero-order valence-corrected chi connectivity index (χ0v) is 15.0. The number of aliphatic hydroxyl groups excluding tert-OH is 1. The highest BCUT2D eigenvalue weighted by atomic mass is 16.5. The number of amides is 1. The fourth-order valence-electron chi connectivity index (χ4n) is 2.85. The van der Waals surface area contributed by atoms with Gasteiger partial charge in [-0.25, -0.2) is 4.98 Å². The second-order valence-corrected chi connectivity index (χ2v) is 6.71. The van der Waals surface area contributed by atoms with Gasteiger partial charge in [0.05, 0.1) is 19.0 Å². The number of fused-ring (bicyclic) bond motifs is 1. The predicted molar refractivity (Wildman–Crippen MR) is 94.7 cm³/mol. The molecule has 4 atom stereocenters. The normalized spacial score (nSPS) is 24.9. The summed E-state index contributed by atoms with van der Waals surface area (Å²) in [4.78, 5) is 37.6. The number of aliphatic hydroxyl groups is 1. The van der Waals surface area contributed by atoms with E-state index in [1.54, 1.807) is 20.8 Å².